The van der Waals surface area contributed by atoms with Crippen LogP contribution in [0.1, 0.15) is 54.4 Å². The van der Waals surface area contributed by atoms with Gasteiger partial charge in [-0.1, -0.05) is 20.8 Å². The Balaban J connectivity index is 4.46. The van der Waals surface area contributed by atoms with Gasteiger partial charge in [-0.05, 0) is 27.2 Å². The van der Waals surface area contributed by atoms with E-state index in [0.717, 1.165) is 6.42 Å². The van der Waals surface area contributed by atoms with Crippen molar-refractivity contribution < 1.29 is 9.59 Å². The van der Waals surface area contributed by atoms with Crippen molar-refractivity contribution in [2.75, 3.05) is 0 Å². The van der Waals surface area contributed by atoms with Gasteiger partial charge in [-0.25, -0.2) is 0 Å². The molecule has 0 unspecified atom stereocenters. The highest BCUT2D eigenvalue weighted by Gasteiger charge is 2.30. The van der Waals surface area contributed by atoms with Gasteiger partial charge in [-0.2, -0.15) is 0 Å². The van der Waals surface area contributed by atoms with E-state index in [0.29, 0.717) is 6.42 Å². The van der Waals surface area contributed by atoms with Gasteiger partial charge in [0, 0.05) is 17.4 Å². The molecule has 0 spiro atoms. The molecule has 3 nitrogen and oxygen atoms in total. The fraction of sp³-hybridized carbons (Fsp3) is 0.833. The molecular weight excluding hydrogens is 190 g/mol. The molecule has 3 heteroatoms. The normalized spacial score (nSPS) is 12.4. The lowest BCUT2D eigenvalue weighted by Gasteiger charge is -2.30. The first kappa shape index (κ1) is 14.1. The molecule has 0 aromatic rings. The lowest BCUT2D eigenvalue weighted by atomic mass is 9.87. The van der Waals surface area contributed by atoms with Gasteiger partial charge in [-0.3, -0.25) is 9.59 Å². The van der Waals surface area contributed by atoms with Crippen molar-refractivity contribution in [3.05, 3.63) is 0 Å². The van der Waals surface area contributed by atoms with Gasteiger partial charge in [0.15, 0.2) is 0 Å². The maximum atomic E-state index is 11.9. The summed E-state index contributed by atoms with van der Waals surface area (Å²) in [7, 11) is 0. The lowest BCUT2D eigenvalue weighted by molar-refractivity contribution is -0.131. The highest BCUT2D eigenvalue weighted by atomic mass is 16.2. The van der Waals surface area contributed by atoms with Crippen LogP contribution in [0.15, 0.2) is 0 Å². The zero-order chi connectivity index (χ0) is 12.3. The van der Waals surface area contributed by atoms with E-state index in [4.69, 9.17) is 0 Å². The van der Waals surface area contributed by atoms with Gasteiger partial charge in [0.1, 0.15) is 5.78 Å². The molecule has 0 aromatic heterocycles. The van der Waals surface area contributed by atoms with Crippen LogP contribution in [0.2, 0.25) is 0 Å². The molecule has 88 valence electrons. The van der Waals surface area contributed by atoms with Gasteiger partial charge in [0.05, 0.1) is 0 Å². The maximum Gasteiger partial charge on any atom is 0.226 e. The van der Waals surface area contributed by atoms with Gasteiger partial charge in [-0.15, -0.1) is 0 Å². The Hall–Kier alpha value is -0.860. The van der Waals surface area contributed by atoms with Crippen LogP contribution in [-0.4, -0.2) is 17.2 Å². The standard InChI is InChI=1S/C12H23NO2/c1-7-11(3,4)10(15)13-12(5,6)8-9(2)14/h7-8H2,1-6H3,(H,13,15). The Kier molecular flexibility index (Phi) is 4.50. The average Bonchev–Trinajstić information content (AvgIpc) is 2.00. The molecule has 1 amide bonds. The van der Waals surface area contributed by atoms with Crippen molar-refractivity contribution in [3.63, 3.8) is 0 Å². The number of hydrogen-bond acceptors (Lipinski definition) is 2. The number of Topliss-reactive ketones (excluding diaryl/α,β-unsaturated/α-hetero) is 1. The third-order valence-corrected chi connectivity index (χ3v) is 2.64. The van der Waals surface area contributed by atoms with Crippen LogP contribution in [0.25, 0.3) is 0 Å². The highest BCUT2D eigenvalue weighted by Crippen LogP contribution is 2.21. The summed E-state index contributed by atoms with van der Waals surface area (Å²) in [5.41, 5.74) is -0.816. The third-order valence-electron chi connectivity index (χ3n) is 2.64. The molecule has 0 atom stereocenters. The van der Waals surface area contributed by atoms with E-state index in [1.807, 2.05) is 34.6 Å². The number of carbonyl (C=O) groups excluding carboxylic acids is 2. The van der Waals surface area contributed by atoms with Crippen molar-refractivity contribution in [2.24, 2.45) is 5.41 Å². The van der Waals surface area contributed by atoms with E-state index in [2.05, 4.69) is 5.32 Å². The zero-order valence-electron chi connectivity index (χ0n) is 10.7. The van der Waals surface area contributed by atoms with E-state index in [1.54, 1.807) is 6.92 Å². The van der Waals surface area contributed by atoms with E-state index in [-0.39, 0.29) is 17.1 Å². The van der Waals surface area contributed by atoms with Crippen molar-refractivity contribution in [2.45, 2.75) is 59.9 Å². The number of carbonyl (C=O) groups is 2. The molecule has 0 saturated carbocycles. The van der Waals surface area contributed by atoms with Gasteiger partial charge >= 0.3 is 0 Å². The SMILES string of the molecule is CCC(C)(C)C(=O)NC(C)(C)CC(C)=O. The molecular formula is C12H23NO2. The quantitative estimate of drug-likeness (QED) is 0.761. The van der Waals surface area contributed by atoms with Crippen LogP contribution >= 0.6 is 0 Å². The Morgan fingerprint density at radius 3 is 1.93 bits per heavy atom. The third kappa shape index (κ3) is 4.96. The molecule has 0 aromatic carbocycles. The molecule has 0 heterocycles. The summed E-state index contributed by atoms with van der Waals surface area (Å²) in [5, 5.41) is 2.92. The molecule has 0 aliphatic heterocycles. The second-order valence-electron chi connectivity index (χ2n) is 5.45. The zero-order valence-corrected chi connectivity index (χ0v) is 10.7. The second kappa shape index (κ2) is 4.77. The molecule has 0 bridgehead atoms. The van der Waals surface area contributed by atoms with Crippen LogP contribution in [0.3, 0.4) is 0 Å². The summed E-state index contributed by atoms with van der Waals surface area (Å²) >= 11 is 0. The first-order valence-electron chi connectivity index (χ1n) is 5.43. The van der Waals surface area contributed by atoms with Gasteiger partial charge in [0.2, 0.25) is 5.91 Å². The van der Waals surface area contributed by atoms with E-state index >= 15 is 0 Å². The lowest BCUT2D eigenvalue weighted by Crippen LogP contribution is -2.49. The molecule has 0 rings (SSSR count). The molecule has 0 radical (unpaired) electrons. The van der Waals surface area contributed by atoms with Crippen LogP contribution in [-0.2, 0) is 9.59 Å². The fourth-order valence-electron chi connectivity index (χ4n) is 1.30. The summed E-state index contributed by atoms with van der Waals surface area (Å²) in [6, 6.07) is 0. The minimum absolute atomic E-state index is 0.0104. The first-order chi connectivity index (χ1) is 6.60. The molecule has 0 saturated heterocycles. The summed E-state index contributed by atoms with van der Waals surface area (Å²) in [6.45, 7) is 11.1. The van der Waals surface area contributed by atoms with Crippen molar-refractivity contribution >= 4 is 11.7 Å². The molecule has 1 N–H and O–H groups in total. The number of amides is 1. The number of rotatable bonds is 5. The molecule has 0 aliphatic rings. The summed E-state index contributed by atoms with van der Waals surface area (Å²) in [5.74, 6) is 0.103. The first-order valence-corrected chi connectivity index (χ1v) is 5.43. The number of hydrogen-bond donors (Lipinski definition) is 1. The second-order valence-corrected chi connectivity index (χ2v) is 5.45. The molecule has 0 fully saturated rings. The topological polar surface area (TPSA) is 46.2 Å². The summed E-state index contributed by atoms with van der Waals surface area (Å²) in [4.78, 5) is 22.9. The van der Waals surface area contributed by atoms with Crippen molar-refractivity contribution in [1.29, 1.82) is 0 Å². The van der Waals surface area contributed by atoms with E-state index in [9.17, 15) is 9.59 Å². The summed E-state index contributed by atoms with van der Waals surface area (Å²) in [6.07, 6.45) is 1.16. The number of nitrogens with one attached hydrogen (secondary N) is 1. The maximum absolute atomic E-state index is 11.9. The van der Waals surface area contributed by atoms with Crippen LogP contribution in [0, 0.1) is 5.41 Å². The van der Waals surface area contributed by atoms with Crippen LogP contribution in [0.4, 0.5) is 0 Å². The predicted molar refractivity (Wildman–Crippen MR) is 61.6 cm³/mol. The predicted octanol–water partition coefficient (Wildman–Crippen LogP) is 2.30. The minimum Gasteiger partial charge on any atom is -0.350 e. The van der Waals surface area contributed by atoms with Crippen molar-refractivity contribution in [1.82, 2.24) is 5.32 Å². The summed E-state index contributed by atoms with van der Waals surface area (Å²) < 4.78 is 0. The average molecular weight is 213 g/mol. The Labute approximate surface area is 92.6 Å². The van der Waals surface area contributed by atoms with E-state index in [1.165, 1.54) is 0 Å². The monoisotopic (exact) mass is 213 g/mol. The highest BCUT2D eigenvalue weighted by molar-refractivity contribution is 5.84. The van der Waals surface area contributed by atoms with Crippen LogP contribution in [0.5, 0.6) is 0 Å². The molecule has 15 heavy (non-hydrogen) atoms. The van der Waals surface area contributed by atoms with Gasteiger partial charge < -0.3 is 5.32 Å². The Morgan fingerprint density at radius 2 is 1.60 bits per heavy atom. The molecule has 0 aliphatic carbocycles. The fourth-order valence-corrected chi connectivity index (χ4v) is 1.30. The Bertz CT molecular complexity index is 254. The minimum atomic E-state index is -0.449. The van der Waals surface area contributed by atoms with Crippen molar-refractivity contribution in [3.8, 4) is 0 Å². The Morgan fingerprint density at radius 1 is 1.13 bits per heavy atom. The number of ketones is 1. The van der Waals surface area contributed by atoms with Gasteiger partial charge in [0.25, 0.3) is 0 Å². The largest absolute Gasteiger partial charge is 0.350 e. The smallest absolute Gasteiger partial charge is 0.226 e. The van der Waals surface area contributed by atoms with Crippen LogP contribution < -0.4 is 5.32 Å². The van der Waals surface area contributed by atoms with E-state index < -0.39 is 5.54 Å².